The first-order valence-electron chi connectivity index (χ1n) is 6.61. The summed E-state index contributed by atoms with van der Waals surface area (Å²) in [5, 5.41) is 0. The van der Waals surface area contributed by atoms with Crippen molar-refractivity contribution >= 4 is 0 Å². The van der Waals surface area contributed by atoms with Gasteiger partial charge in [-0.05, 0) is 30.5 Å². The van der Waals surface area contributed by atoms with Crippen LogP contribution in [0.15, 0.2) is 24.3 Å². The van der Waals surface area contributed by atoms with Crippen molar-refractivity contribution in [3.05, 3.63) is 35.4 Å². The van der Waals surface area contributed by atoms with Crippen molar-refractivity contribution in [3.63, 3.8) is 0 Å². The molecule has 2 rings (SSSR count). The SMILES string of the molecule is COC1(C(NN)c2cccc(C(F)(F)F)c2)CCCC1. The third-order valence-corrected chi connectivity index (χ3v) is 4.10. The van der Waals surface area contributed by atoms with Crippen LogP contribution in [0.2, 0.25) is 0 Å². The first kappa shape index (κ1) is 15.3. The minimum atomic E-state index is -4.36. The van der Waals surface area contributed by atoms with Gasteiger partial charge in [0.25, 0.3) is 0 Å². The lowest BCUT2D eigenvalue weighted by atomic mass is 9.86. The molecular weight excluding hydrogens is 269 g/mol. The molecule has 0 amide bonds. The van der Waals surface area contributed by atoms with Gasteiger partial charge in [0.1, 0.15) is 0 Å². The van der Waals surface area contributed by atoms with Crippen molar-refractivity contribution in [2.24, 2.45) is 5.84 Å². The van der Waals surface area contributed by atoms with E-state index in [1.165, 1.54) is 6.07 Å². The van der Waals surface area contributed by atoms with Gasteiger partial charge in [0.05, 0.1) is 17.2 Å². The molecule has 0 spiro atoms. The first-order chi connectivity index (χ1) is 9.43. The Balaban J connectivity index is 2.37. The van der Waals surface area contributed by atoms with Crippen molar-refractivity contribution in [3.8, 4) is 0 Å². The Labute approximate surface area is 116 Å². The Hall–Kier alpha value is -1.11. The lowest BCUT2D eigenvalue weighted by molar-refractivity contribution is -0.137. The van der Waals surface area contributed by atoms with Crippen LogP contribution in [0, 0.1) is 0 Å². The number of alkyl halides is 3. The Morgan fingerprint density at radius 1 is 1.30 bits per heavy atom. The van der Waals surface area contributed by atoms with Gasteiger partial charge >= 0.3 is 6.18 Å². The maximum Gasteiger partial charge on any atom is 0.416 e. The molecule has 20 heavy (non-hydrogen) atoms. The average Bonchev–Trinajstić information content (AvgIpc) is 2.89. The third kappa shape index (κ3) is 2.82. The molecule has 0 aliphatic heterocycles. The Morgan fingerprint density at radius 2 is 1.95 bits per heavy atom. The molecule has 112 valence electrons. The molecule has 0 aromatic heterocycles. The Bertz CT molecular complexity index is 456. The van der Waals surface area contributed by atoms with Crippen LogP contribution in [0.25, 0.3) is 0 Å². The fourth-order valence-electron chi connectivity index (χ4n) is 3.03. The van der Waals surface area contributed by atoms with E-state index < -0.39 is 23.4 Å². The van der Waals surface area contributed by atoms with E-state index in [1.807, 2.05) is 0 Å². The second-order valence-electron chi connectivity index (χ2n) is 5.20. The maximum absolute atomic E-state index is 12.8. The summed E-state index contributed by atoms with van der Waals surface area (Å²) < 4.78 is 44.0. The van der Waals surface area contributed by atoms with Crippen LogP contribution >= 0.6 is 0 Å². The summed E-state index contributed by atoms with van der Waals surface area (Å²) in [5.74, 6) is 5.59. The van der Waals surface area contributed by atoms with Gasteiger partial charge in [-0.15, -0.1) is 0 Å². The molecule has 0 heterocycles. The number of rotatable bonds is 4. The van der Waals surface area contributed by atoms with E-state index in [0.29, 0.717) is 5.56 Å². The predicted octanol–water partition coefficient (Wildman–Crippen LogP) is 3.17. The van der Waals surface area contributed by atoms with E-state index in [-0.39, 0.29) is 0 Å². The summed E-state index contributed by atoms with van der Waals surface area (Å²) in [7, 11) is 1.59. The van der Waals surface area contributed by atoms with Crippen LogP contribution in [-0.2, 0) is 10.9 Å². The van der Waals surface area contributed by atoms with E-state index in [1.54, 1.807) is 13.2 Å². The molecule has 0 radical (unpaired) electrons. The van der Waals surface area contributed by atoms with Gasteiger partial charge in [0, 0.05) is 7.11 Å². The van der Waals surface area contributed by atoms with E-state index in [9.17, 15) is 13.2 Å². The van der Waals surface area contributed by atoms with Gasteiger partial charge in [0.2, 0.25) is 0 Å². The molecule has 6 heteroatoms. The summed E-state index contributed by atoms with van der Waals surface area (Å²) >= 11 is 0. The normalized spacial score (nSPS) is 20.1. The zero-order valence-electron chi connectivity index (χ0n) is 11.3. The summed E-state index contributed by atoms with van der Waals surface area (Å²) in [6.45, 7) is 0. The van der Waals surface area contributed by atoms with Gasteiger partial charge in [-0.2, -0.15) is 13.2 Å². The smallest absolute Gasteiger partial charge is 0.376 e. The van der Waals surface area contributed by atoms with Crippen LogP contribution in [0.5, 0.6) is 0 Å². The van der Waals surface area contributed by atoms with Crippen molar-refractivity contribution in [1.82, 2.24) is 5.43 Å². The highest BCUT2D eigenvalue weighted by molar-refractivity contribution is 5.30. The van der Waals surface area contributed by atoms with Gasteiger partial charge < -0.3 is 4.74 Å². The summed E-state index contributed by atoms with van der Waals surface area (Å²) in [4.78, 5) is 0. The second kappa shape index (κ2) is 5.71. The fourth-order valence-corrected chi connectivity index (χ4v) is 3.03. The van der Waals surface area contributed by atoms with Crippen LogP contribution in [0.1, 0.15) is 42.9 Å². The Kier molecular flexibility index (Phi) is 4.36. The van der Waals surface area contributed by atoms with E-state index in [0.717, 1.165) is 37.8 Å². The number of hydrazine groups is 1. The number of methoxy groups -OCH3 is 1. The summed E-state index contributed by atoms with van der Waals surface area (Å²) in [5.41, 5.74) is 1.95. The van der Waals surface area contributed by atoms with Gasteiger partial charge in [0.15, 0.2) is 0 Å². The highest BCUT2D eigenvalue weighted by atomic mass is 19.4. The largest absolute Gasteiger partial charge is 0.416 e. The van der Waals surface area contributed by atoms with Crippen LogP contribution in [0.4, 0.5) is 13.2 Å². The lowest BCUT2D eigenvalue weighted by Crippen LogP contribution is -2.46. The van der Waals surface area contributed by atoms with Gasteiger partial charge in [-0.3, -0.25) is 11.3 Å². The molecule has 1 aromatic carbocycles. The van der Waals surface area contributed by atoms with Crippen molar-refractivity contribution in [2.75, 3.05) is 7.11 Å². The average molecular weight is 288 g/mol. The first-order valence-corrected chi connectivity index (χ1v) is 6.61. The number of benzene rings is 1. The number of halogens is 3. The molecule has 1 aromatic rings. The van der Waals surface area contributed by atoms with Crippen molar-refractivity contribution < 1.29 is 17.9 Å². The number of ether oxygens (including phenoxy) is 1. The minimum absolute atomic E-state index is 0.447. The number of nitrogens with two attached hydrogens (primary N) is 1. The molecule has 1 saturated carbocycles. The molecule has 1 aliphatic carbocycles. The standard InChI is InChI=1S/C14H19F3N2O/c1-20-13(7-2-3-8-13)12(19-18)10-5-4-6-11(9-10)14(15,16)17/h4-6,9,12,19H,2-3,7-8,18H2,1H3. The van der Waals surface area contributed by atoms with Crippen LogP contribution < -0.4 is 11.3 Å². The molecule has 1 fully saturated rings. The fraction of sp³-hybridized carbons (Fsp3) is 0.571. The molecule has 1 unspecified atom stereocenters. The third-order valence-electron chi connectivity index (χ3n) is 4.10. The quantitative estimate of drug-likeness (QED) is 0.661. The lowest BCUT2D eigenvalue weighted by Gasteiger charge is -2.36. The molecule has 1 aliphatic rings. The van der Waals surface area contributed by atoms with Crippen molar-refractivity contribution in [1.29, 1.82) is 0 Å². The molecule has 0 saturated heterocycles. The summed E-state index contributed by atoms with van der Waals surface area (Å²) in [6, 6.07) is 4.81. The molecular formula is C14H19F3N2O. The van der Waals surface area contributed by atoms with Crippen LogP contribution in [-0.4, -0.2) is 12.7 Å². The summed E-state index contributed by atoms with van der Waals surface area (Å²) in [6.07, 6.45) is -0.801. The van der Waals surface area contributed by atoms with Crippen molar-refractivity contribution in [2.45, 2.75) is 43.5 Å². The topological polar surface area (TPSA) is 47.3 Å². The zero-order chi connectivity index (χ0) is 14.8. The van der Waals surface area contributed by atoms with E-state index in [4.69, 9.17) is 10.6 Å². The monoisotopic (exact) mass is 288 g/mol. The van der Waals surface area contributed by atoms with Crippen LogP contribution in [0.3, 0.4) is 0 Å². The second-order valence-corrected chi connectivity index (χ2v) is 5.20. The van der Waals surface area contributed by atoms with E-state index >= 15 is 0 Å². The maximum atomic E-state index is 12.8. The molecule has 0 bridgehead atoms. The number of hydrogen-bond donors (Lipinski definition) is 2. The van der Waals surface area contributed by atoms with E-state index in [2.05, 4.69) is 5.43 Å². The number of nitrogens with one attached hydrogen (secondary N) is 1. The molecule has 3 nitrogen and oxygen atoms in total. The van der Waals surface area contributed by atoms with Gasteiger partial charge in [-0.25, -0.2) is 0 Å². The number of hydrogen-bond acceptors (Lipinski definition) is 3. The highest BCUT2D eigenvalue weighted by Crippen LogP contribution is 2.43. The molecule has 1 atom stereocenters. The Morgan fingerprint density at radius 3 is 2.45 bits per heavy atom. The molecule has 3 N–H and O–H groups in total. The highest BCUT2D eigenvalue weighted by Gasteiger charge is 2.42. The minimum Gasteiger partial charge on any atom is -0.376 e. The predicted molar refractivity (Wildman–Crippen MR) is 69.7 cm³/mol. The zero-order valence-corrected chi connectivity index (χ0v) is 11.3. The van der Waals surface area contributed by atoms with Gasteiger partial charge in [-0.1, -0.05) is 25.0 Å².